The first-order valence-electron chi connectivity index (χ1n) is 7.75. The monoisotopic (exact) mass is 435 g/mol. The maximum atomic E-state index is 12.8. The third-order valence-electron chi connectivity index (χ3n) is 4.13. The molecule has 0 spiro atoms. The lowest BCUT2D eigenvalue weighted by molar-refractivity contribution is -0.133. The van der Waals surface area contributed by atoms with E-state index >= 15 is 0 Å². The Bertz CT molecular complexity index is 870. The van der Waals surface area contributed by atoms with Gasteiger partial charge < -0.3 is 10.6 Å². The summed E-state index contributed by atoms with van der Waals surface area (Å²) in [5, 5.41) is 5.84. The van der Waals surface area contributed by atoms with Crippen LogP contribution in [-0.2, 0) is 15.1 Å². The van der Waals surface area contributed by atoms with Gasteiger partial charge in [-0.3, -0.25) is 14.5 Å². The molecule has 1 fully saturated rings. The number of benzene rings is 2. The Kier molecular flexibility index (Phi) is 5.02. The van der Waals surface area contributed by atoms with Crippen molar-refractivity contribution < 1.29 is 14.4 Å². The fourth-order valence-electron chi connectivity index (χ4n) is 2.70. The summed E-state index contributed by atoms with van der Waals surface area (Å²) in [6.07, 6.45) is 0. The van der Waals surface area contributed by atoms with Crippen LogP contribution in [-0.4, -0.2) is 29.3 Å². The molecule has 2 aromatic carbocycles. The van der Waals surface area contributed by atoms with Gasteiger partial charge in [0.15, 0.2) is 0 Å². The van der Waals surface area contributed by atoms with E-state index in [1.165, 1.54) is 0 Å². The third-order valence-corrected chi connectivity index (χ3v) is 4.91. The zero-order valence-corrected chi connectivity index (χ0v) is 16.1. The molecule has 2 aromatic rings. The number of imide groups is 1. The number of nitrogens with zero attached hydrogens (tertiary/aromatic N) is 1. The molecule has 6 nitrogen and oxygen atoms in total. The summed E-state index contributed by atoms with van der Waals surface area (Å²) in [5.41, 5.74) is -0.0682. The molecule has 8 heteroatoms. The van der Waals surface area contributed by atoms with Gasteiger partial charge in [-0.2, -0.15) is 0 Å². The maximum absolute atomic E-state index is 12.8. The van der Waals surface area contributed by atoms with Crippen LogP contribution in [0.4, 0.5) is 10.5 Å². The Hall–Kier alpha value is -2.38. The van der Waals surface area contributed by atoms with Crippen LogP contribution in [0, 0.1) is 0 Å². The van der Waals surface area contributed by atoms with Crippen molar-refractivity contribution >= 4 is 51.1 Å². The van der Waals surface area contributed by atoms with Crippen LogP contribution >= 0.6 is 27.5 Å². The van der Waals surface area contributed by atoms with Crippen LogP contribution in [0.1, 0.15) is 12.5 Å². The molecule has 0 aromatic heterocycles. The van der Waals surface area contributed by atoms with Gasteiger partial charge in [0.25, 0.3) is 5.91 Å². The summed E-state index contributed by atoms with van der Waals surface area (Å²) in [7, 11) is 0. The van der Waals surface area contributed by atoms with Crippen molar-refractivity contribution in [2.75, 3.05) is 11.9 Å². The van der Waals surface area contributed by atoms with E-state index in [1.54, 1.807) is 55.5 Å². The van der Waals surface area contributed by atoms with Crippen molar-refractivity contribution in [1.29, 1.82) is 0 Å². The summed E-state index contributed by atoms with van der Waals surface area (Å²) in [6.45, 7) is 1.23. The molecule has 2 N–H and O–H groups in total. The van der Waals surface area contributed by atoms with E-state index < -0.39 is 23.4 Å². The number of amides is 4. The minimum absolute atomic E-state index is 0.371. The maximum Gasteiger partial charge on any atom is 0.325 e. The van der Waals surface area contributed by atoms with Gasteiger partial charge in [0.05, 0.1) is 0 Å². The zero-order valence-electron chi connectivity index (χ0n) is 13.8. The minimum Gasteiger partial charge on any atom is -0.325 e. The molecule has 3 rings (SSSR count). The van der Waals surface area contributed by atoms with Crippen molar-refractivity contribution in [1.82, 2.24) is 10.2 Å². The molecule has 1 aliphatic rings. The molecule has 0 saturated carbocycles. The van der Waals surface area contributed by atoms with E-state index in [-0.39, 0.29) is 6.54 Å². The van der Waals surface area contributed by atoms with Crippen LogP contribution < -0.4 is 10.6 Å². The van der Waals surface area contributed by atoms with Gasteiger partial charge in [0, 0.05) is 15.2 Å². The molecule has 1 saturated heterocycles. The summed E-state index contributed by atoms with van der Waals surface area (Å²) < 4.78 is 0.878. The lowest BCUT2D eigenvalue weighted by Gasteiger charge is -2.22. The molecular formula is C18H15BrClN3O3. The van der Waals surface area contributed by atoms with E-state index in [9.17, 15) is 14.4 Å². The summed E-state index contributed by atoms with van der Waals surface area (Å²) in [5.74, 6) is -0.952. The molecule has 26 heavy (non-hydrogen) atoms. The second kappa shape index (κ2) is 7.09. The fourth-order valence-corrected chi connectivity index (χ4v) is 3.09. The van der Waals surface area contributed by atoms with Crippen molar-refractivity contribution in [3.63, 3.8) is 0 Å². The van der Waals surface area contributed by atoms with Gasteiger partial charge in [-0.05, 0) is 48.9 Å². The van der Waals surface area contributed by atoms with E-state index in [0.29, 0.717) is 16.3 Å². The summed E-state index contributed by atoms with van der Waals surface area (Å²) in [6, 6.07) is 13.0. The molecular weight excluding hydrogens is 422 g/mol. The number of hydrogen-bond donors (Lipinski definition) is 2. The highest BCUT2D eigenvalue weighted by Gasteiger charge is 2.49. The number of halogens is 2. The SMILES string of the molecule is CC1(c2ccc(Cl)cc2)NC(=O)N(CC(=O)Nc2ccc(Br)cc2)C1=O. The molecule has 1 aliphatic heterocycles. The summed E-state index contributed by atoms with van der Waals surface area (Å²) >= 11 is 9.19. The molecule has 1 unspecified atom stereocenters. The van der Waals surface area contributed by atoms with E-state index in [4.69, 9.17) is 11.6 Å². The van der Waals surface area contributed by atoms with Crippen molar-refractivity contribution in [3.8, 4) is 0 Å². The Morgan fingerprint density at radius 1 is 1.15 bits per heavy atom. The number of hydrogen-bond acceptors (Lipinski definition) is 3. The van der Waals surface area contributed by atoms with Crippen LogP contribution in [0.3, 0.4) is 0 Å². The Morgan fingerprint density at radius 3 is 2.38 bits per heavy atom. The van der Waals surface area contributed by atoms with E-state index in [0.717, 1.165) is 9.37 Å². The molecule has 1 heterocycles. The number of nitrogens with one attached hydrogen (secondary N) is 2. The van der Waals surface area contributed by atoms with E-state index in [1.807, 2.05) is 0 Å². The van der Waals surface area contributed by atoms with Crippen LogP contribution in [0.2, 0.25) is 5.02 Å². The van der Waals surface area contributed by atoms with E-state index in [2.05, 4.69) is 26.6 Å². The second-order valence-electron chi connectivity index (χ2n) is 6.01. The lowest BCUT2D eigenvalue weighted by Crippen LogP contribution is -2.42. The molecule has 1 atom stereocenters. The van der Waals surface area contributed by atoms with Gasteiger partial charge in [0.1, 0.15) is 12.1 Å². The van der Waals surface area contributed by atoms with Crippen molar-refractivity contribution in [2.24, 2.45) is 0 Å². The predicted octanol–water partition coefficient (Wildman–Crippen LogP) is 3.51. The predicted molar refractivity (Wildman–Crippen MR) is 102 cm³/mol. The van der Waals surface area contributed by atoms with Crippen molar-refractivity contribution in [3.05, 3.63) is 63.6 Å². The highest BCUT2D eigenvalue weighted by atomic mass is 79.9. The Labute approximate surface area is 163 Å². The quantitative estimate of drug-likeness (QED) is 0.720. The largest absolute Gasteiger partial charge is 0.325 e. The Morgan fingerprint density at radius 2 is 1.77 bits per heavy atom. The number of carbonyl (C=O) groups is 3. The fraction of sp³-hybridized carbons (Fsp3) is 0.167. The van der Waals surface area contributed by atoms with Crippen molar-refractivity contribution in [2.45, 2.75) is 12.5 Å². The lowest BCUT2D eigenvalue weighted by atomic mass is 9.92. The van der Waals surface area contributed by atoms with Gasteiger partial charge in [-0.1, -0.05) is 39.7 Å². The average molecular weight is 437 g/mol. The average Bonchev–Trinajstić information content (AvgIpc) is 2.82. The standard InChI is InChI=1S/C18H15BrClN3O3/c1-18(11-2-6-13(20)7-3-11)16(25)23(17(26)22-18)10-15(24)21-14-8-4-12(19)5-9-14/h2-9H,10H2,1H3,(H,21,24)(H,22,26). The Balaban J connectivity index is 1.73. The first-order chi connectivity index (χ1) is 12.3. The molecule has 0 aliphatic carbocycles. The number of rotatable bonds is 4. The van der Waals surface area contributed by atoms with Gasteiger partial charge in [-0.25, -0.2) is 4.79 Å². The molecule has 4 amide bonds. The summed E-state index contributed by atoms with van der Waals surface area (Å²) in [4.78, 5) is 38.2. The second-order valence-corrected chi connectivity index (χ2v) is 7.36. The molecule has 0 bridgehead atoms. The highest BCUT2D eigenvalue weighted by Crippen LogP contribution is 2.29. The first kappa shape index (κ1) is 18.4. The van der Waals surface area contributed by atoms with Gasteiger partial charge in [0.2, 0.25) is 5.91 Å². The number of urea groups is 1. The third kappa shape index (κ3) is 3.59. The van der Waals surface area contributed by atoms with Crippen LogP contribution in [0.15, 0.2) is 53.0 Å². The van der Waals surface area contributed by atoms with Crippen LogP contribution in [0.25, 0.3) is 0 Å². The zero-order chi connectivity index (χ0) is 18.9. The van der Waals surface area contributed by atoms with Gasteiger partial charge in [-0.15, -0.1) is 0 Å². The smallest absolute Gasteiger partial charge is 0.325 e. The number of carbonyl (C=O) groups excluding carboxylic acids is 3. The molecule has 134 valence electrons. The highest BCUT2D eigenvalue weighted by molar-refractivity contribution is 9.10. The molecule has 0 radical (unpaired) electrons. The topological polar surface area (TPSA) is 78.5 Å². The first-order valence-corrected chi connectivity index (χ1v) is 8.92. The normalized spacial score (nSPS) is 19.4. The van der Waals surface area contributed by atoms with Crippen LogP contribution in [0.5, 0.6) is 0 Å². The van der Waals surface area contributed by atoms with Gasteiger partial charge >= 0.3 is 6.03 Å². The number of anilines is 1. The minimum atomic E-state index is -1.24.